The number of aromatic amines is 1. The lowest BCUT2D eigenvalue weighted by Crippen LogP contribution is -2.37. The number of hydrogen-bond donors (Lipinski definition) is 1. The molecule has 1 fully saturated rings. The normalized spacial score (nSPS) is 17.7. The summed E-state index contributed by atoms with van der Waals surface area (Å²) in [6, 6.07) is 9.65. The van der Waals surface area contributed by atoms with Gasteiger partial charge in [0.2, 0.25) is 0 Å². The van der Waals surface area contributed by atoms with E-state index in [1.165, 1.54) is 4.90 Å². The van der Waals surface area contributed by atoms with Crippen molar-refractivity contribution < 1.29 is 14.4 Å². The van der Waals surface area contributed by atoms with E-state index in [4.69, 9.17) is 0 Å². The molecule has 1 N–H and O–H groups in total. The Hall–Kier alpha value is -2.89. The van der Waals surface area contributed by atoms with Gasteiger partial charge in [0.05, 0.1) is 6.54 Å². The number of anilines is 1. The second-order valence-electron chi connectivity index (χ2n) is 6.00. The van der Waals surface area contributed by atoms with E-state index in [0.29, 0.717) is 11.3 Å². The summed E-state index contributed by atoms with van der Waals surface area (Å²) in [5.74, 6) is -0.609. The first-order valence-corrected chi connectivity index (χ1v) is 7.79. The molecule has 6 nitrogen and oxygen atoms in total. The van der Waals surface area contributed by atoms with Crippen LogP contribution in [-0.2, 0) is 4.79 Å². The topological polar surface area (TPSA) is 73.5 Å². The van der Waals surface area contributed by atoms with Gasteiger partial charge in [-0.15, -0.1) is 0 Å². The highest BCUT2D eigenvalue weighted by atomic mass is 16.2. The van der Waals surface area contributed by atoms with Gasteiger partial charge in [0, 0.05) is 22.6 Å². The first kappa shape index (κ1) is 16.0. The van der Waals surface area contributed by atoms with Crippen LogP contribution in [0.1, 0.15) is 28.7 Å². The maximum Gasteiger partial charge on any atom is 0.332 e. The third kappa shape index (κ3) is 2.60. The van der Waals surface area contributed by atoms with Crippen LogP contribution in [0.15, 0.2) is 36.4 Å². The average molecular weight is 325 g/mol. The first-order valence-electron chi connectivity index (χ1n) is 7.79. The van der Waals surface area contributed by atoms with Gasteiger partial charge in [0.25, 0.3) is 5.91 Å². The summed E-state index contributed by atoms with van der Waals surface area (Å²) in [5.41, 5.74) is 2.77. The standard InChI is InChI=1S/C18H19N3O3/c1-11-9-15(12(2)19-11)16(22)10-20-17(23)13(3)21(18(20)24)14-7-5-4-6-8-14/h4-9,13,19H,10H2,1-3H3/t13-/m0/s1. The van der Waals surface area contributed by atoms with Crippen molar-refractivity contribution in [2.24, 2.45) is 0 Å². The van der Waals surface area contributed by atoms with Crippen LogP contribution >= 0.6 is 0 Å². The van der Waals surface area contributed by atoms with Gasteiger partial charge in [-0.2, -0.15) is 0 Å². The van der Waals surface area contributed by atoms with Crippen molar-refractivity contribution in [3.05, 3.63) is 53.3 Å². The van der Waals surface area contributed by atoms with Gasteiger partial charge < -0.3 is 4.98 Å². The molecule has 6 heteroatoms. The lowest BCUT2D eigenvalue weighted by atomic mass is 10.1. The van der Waals surface area contributed by atoms with Gasteiger partial charge in [-0.25, -0.2) is 4.79 Å². The Morgan fingerprint density at radius 2 is 1.83 bits per heavy atom. The van der Waals surface area contributed by atoms with E-state index in [1.807, 2.05) is 13.0 Å². The number of para-hydroxylation sites is 1. The van der Waals surface area contributed by atoms with Gasteiger partial charge in [-0.1, -0.05) is 18.2 Å². The fourth-order valence-electron chi connectivity index (χ4n) is 3.04. The van der Waals surface area contributed by atoms with E-state index in [9.17, 15) is 14.4 Å². The number of rotatable bonds is 4. The number of H-pyrrole nitrogens is 1. The molecule has 3 amide bonds. The highest BCUT2D eigenvalue weighted by molar-refractivity contribution is 6.16. The molecule has 1 aromatic carbocycles. The average Bonchev–Trinajstić information content (AvgIpc) is 3.00. The Bertz CT molecular complexity index is 810. The summed E-state index contributed by atoms with van der Waals surface area (Å²) >= 11 is 0. The number of carbonyl (C=O) groups excluding carboxylic acids is 3. The molecular formula is C18H19N3O3. The highest BCUT2D eigenvalue weighted by Crippen LogP contribution is 2.25. The maximum absolute atomic E-state index is 12.7. The van der Waals surface area contributed by atoms with Gasteiger partial charge >= 0.3 is 6.03 Å². The Morgan fingerprint density at radius 1 is 1.17 bits per heavy atom. The molecule has 1 aromatic heterocycles. The number of Topliss-reactive ketones (excluding diaryl/α,β-unsaturated/α-hetero) is 1. The fourth-order valence-corrected chi connectivity index (χ4v) is 3.04. The van der Waals surface area contributed by atoms with Crippen molar-refractivity contribution in [1.82, 2.24) is 9.88 Å². The number of hydrogen-bond acceptors (Lipinski definition) is 3. The van der Waals surface area contributed by atoms with E-state index in [-0.39, 0.29) is 18.2 Å². The quantitative estimate of drug-likeness (QED) is 0.694. The van der Waals surface area contributed by atoms with Crippen LogP contribution in [0, 0.1) is 13.8 Å². The van der Waals surface area contributed by atoms with Crippen molar-refractivity contribution in [3.63, 3.8) is 0 Å². The molecule has 24 heavy (non-hydrogen) atoms. The number of benzene rings is 1. The second-order valence-corrected chi connectivity index (χ2v) is 6.00. The lowest BCUT2D eigenvalue weighted by Gasteiger charge is -2.19. The molecule has 0 saturated carbocycles. The second kappa shape index (κ2) is 5.96. The van der Waals surface area contributed by atoms with Gasteiger partial charge in [-0.05, 0) is 39.0 Å². The van der Waals surface area contributed by atoms with E-state index in [0.717, 1.165) is 16.3 Å². The summed E-state index contributed by atoms with van der Waals surface area (Å²) in [5, 5.41) is 0. The van der Waals surface area contributed by atoms with Crippen LogP contribution < -0.4 is 4.90 Å². The fraction of sp³-hybridized carbons (Fsp3) is 0.278. The van der Waals surface area contributed by atoms with Crippen LogP contribution in [0.4, 0.5) is 10.5 Å². The van der Waals surface area contributed by atoms with Crippen LogP contribution in [0.2, 0.25) is 0 Å². The van der Waals surface area contributed by atoms with Gasteiger partial charge in [0.15, 0.2) is 5.78 Å². The van der Waals surface area contributed by atoms with Gasteiger partial charge in [0.1, 0.15) is 6.04 Å². The third-order valence-corrected chi connectivity index (χ3v) is 4.23. The Labute approximate surface area is 140 Å². The van der Waals surface area contributed by atoms with Crippen LogP contribution in [0.3, 0.4) is 0 Å². The zero-order valence-electron chi connectivity index (χ0n) is 13.9. The number of urea groups is 1. The first-order chi connectivity index (χ1) is 11.4. The number of carbonyl (C=O) groups is 3. The Balaban J connectivity index is 1.84. The highest BCUT2D eigenvalue weighted by Gasteiger charge is 2.44. The third-order valence-electron chi connectivity index (χ3n) is 4.23. The molecule has 0 unspecified atom stereocenters. The number of ketones is 1. The number of aryl methyl sites for hydroxylation is 2. The zero-order chi connectivity index (χ0) is 17.4. The number of nitrogens with one attached hydrogen (secondary N) is 1. The number of aromatic nitrogens is 1. The molecule has 1 atom stereocenters. The maximum atomic E-state index is 12.7. The van der Waals surface area contributed by atoms with E-state index in [1.54, 1.807) is 44.2 Å². The summed E-state index contributed by atoms with van der Waals surface area (Å²) < 4.78 is 0. The molecule has 124 valence electrons. The summed E-state index contributed by atoms with van der Waals surface area (Å²) in [6.07, 6.45) is 0. The summed E-state index contributed by atoms with van der Waals surface area (Å²) in [7, 11) is 0. The zero-order valence-corrected chi connectivity index (χ0v) is 13.9. The summed E-state index contributed by atoms with van der Waals surface area (Å²) in [4.78, 5) is 43.1. The molecule has 2 aromatic rings. The Morgan fingerprint density at radius 3 is 2.42 bits per heavy atom. The minimum absolute atomic E-state index is 0.247. The van der Waals surface area contributed by atoms with E-state index < -0.39 is 12.1 Å². The smallest absolute Gasteiger partial charge is 0.332 e. The molecular weight excluding hydrogens is 306 g/mol. The van der Waals surface area contributed by atoms with Crippen molar-refractivity contribution in [1.29, 1.82) is 0 Å². The van der Waals surface area contributed by atoms with Crippen molar-refractivity contribution >= 4 is 23.4 Å². The van der Waals surface area contributed by atoms with E-state index in [2.05, 4.69) is 4.98 Å². The lowest BCUT2D eigenvalue weighted by molar-refractivity contribution is -0.126. The summed E-state index contributed by atoms with van der Waals surface area (Å²) in [6.45, 7) is 5.08. The van der Waals surface area contributed by atoms with Crippen molar-refractivity contribution in [2.75, 3.05) is 11.4 Å². The minimum atomic E-state index is -0.623. The monoisotopic (exact) mass is 325 g/mol. The number of amides is 3. The predicted molar refractivity (Wildman–Crippen MR) is 90.1 cm³/mol. The molecule has 0 spiro atoms. The SMILES string of the molecule is Cc1cc(C(=O)CN2C(=O)[C@H](C)N(c3ccccc3)C2=O)c(C)[nH]1. The Kier molecular flexibility index (Phi) is 3.97. The molecule has 1 aliphatic rings. The molecule has 2 heterocycles. The molecule has 0 bridgehead atoms. The van der Waals surface area contributed by atoms with Gasteiger partial charge in [-0.3, -0.25) is 19.4 Å². The van der Waals surface area contributed by atoms with Crippen molar-refractivity contribution in [3.8, 4) is 0 Å². The molecule has 1 aliphatic heterocycles. The minimum Gasteiger partial charge on any atom is -0.362 e. The largest absolute Gasteiger partial charge is 0.362 e. The van der Waals surface area contributed by atoms with Crippen LogP contribution in [0.25, 0.3) is 0 Å². The van der Waals surface area contributed by atoms with Crippen LogP contribution in [0.5, 0.6) is 0 Å². The number of imide groups is 1. The molecule has 1 saturated heterocycles. The van der Waals surface area contributed by atoms with E-state index >= 15 is 0 Å². The predicted octanol–water partition coefficient (Wildman–Crippen LogP) is 2.67. The molecule has 3 rings (SSSR count). The number of nitrogens with zero attached hydrogens (tertiary/aromatic N) is 2. The molecule has 0 aliphatic carbocycles. The van der Waals surface area contributed by atoms with Crippen LogP contribution in [-0.4, -0.2) is 40.2 Å². The molecule has 0 radical (unpaired) electrons. The van der Waals surface area contributed by atoms with Crippen molar-refractivity contribution in [2.45, 2.75) is 26.8 Å².